The number of aromatic amines is 1. The van der Waals surface area contributed by atoms with E-state index in [9.17, 15) is 4.79 Å². The minimum absolute atomic E-state index is 0.101. The Labute approximate surface area is 131 Å². The molecule has 4 nitrogen and oxygen atoms in total. The number of fused-ring (bicyclic) bond motifs is 1. The van der Waals surface area contributed by atoms with Gasteiger partial charge in [0.1, 0.15) is 0 Å². The summed E-state index contributed by atoms with van der Waals surface area (Å²) in [6.07, 6.45) is 8.13. The molecule has 5 heteroatoms. The van der Waals surface area contributed by atoms with E-state index in [1.165, 1.54) is 24.1 Å². The highest BCUT2D eigenvalue weighted by molar-refractivity contribution is 7.98. The number of amides is 1. The van der Waals surface area contributed by atoms with Crippen LogP contribution in [-0.4, -0.2) is 39.6 Å². The SMILES string of the molecule is CSCC1(CC(=O)N2Cc3cn[nH]c3CC(C)(C)C2)CC1. The van der Waals surface area contributed by atoms with Gasteiger partial charge in [-0.3, -0.25) is 9.89 Å². The number of hydrogen-bond acceptors (Lipinski definition) is 3. The highest BCUT2D eigenvalue weighted by Crippen LogP contribution is 2.51. The smallest absolute Gasteiger partial charge is 0.223 e. The number of nitrogens with zero attached hydrogens (tertiary/aromatic N) is 2. The largest absolute Gasteiger partial charge is 0.338 e. The molecule has 1 saturated carbocycles. The first-order valence-corrected chi connectivity index (χ1v) is 9.10. The fraction of sp³-hybridized carbons (Fsp3) is 0.750. The zero-order valence-corrected chi connectivity index (χ0v) is 14.1. The second-order valence-corrected chi connectivity index (χ2v) is 8.44. The molecule has 2 aliphatic rings. The molecule has 1 fully saturated rings. The standard InChI is InChI=1S/C16H25N3OS/c1-15(2)6-13-12(8-17-18-13)9-19(10-15)14(20)7-16(4-5-16)11-21-3/h8H,4-7,9-11H2,1-3H3,(H,17,18). The van der Waals surface area contributed by atoms with Gasteiger partial charge in [0.15, 0.2) is 0 Å². The van der Waals surface area contributed by atoms with Crippen molar-refractivity contribution in [1.82, 2.24) is 15.1 Å². The fourth-order valence-corrected chi connectivity index (χ4v) is 4.41. The van der Waals surface area contributed by atoms with Crippen LogP contribution >= 0.6 is 11.8 Å². The molecule has 0 spiro atoms. The van der Waals surface area contributed by atoms with Gasteiger partial charge in [-0.25, -0.2) is 0 Å². The Morgan fingerprint density at radius 2 is 2.24 bits per heavy atom. The van der Waals surface area contributed by atoms with Crippen LogP contribution in [0.1, 0.15) is 44.4 Å². The van der Waals surface area contributed by atoms with Gasteiger partial charge in [-0.05, 0) is 42.1 Å². The Bertz CT molecular complexity index is 533. The molecule has 0 saturated heterocycles. The number of rotatable bonds is 4. The van der Waals surface area contributed by atoms with Crippen molar-refractivity contribution in [3.05, 3.63) is 17.5 Å². The quantitative estimate of drug-likeness (QED) is 0.930. The highest BCUT2D eigenvalue weighted by Gasteiger charge is 2.45. The maximum Gasteiger partial charge on any atom is 0.223 e. The van der Waals surface area contributed by atoms with Gasteiger partial charge in [0, 0.05) is 30.8 Å². The van der Waals surface area contributed by atoms with Crippen LogP contribution in [-0.2, 0) is 17.8 Å². The molecule has 0 aromatic carbocycles. The molecule has 0 bridgehead atoms. The van der Waals surface area contributed by atoms with E-state index in [1.54, 1.807) is 0 Å². The van der Waals surface area contributed by atoms with Crippen molar-refractivity contribution in [2.24, 2.45) is 10.8 Å². The predicted molar refractivity (Wildman–Crippen MR) is 86.2 cm³/mol. The molecule has 1 aliphatic carbocycles. The topological polar surface area (TPSA) is 49.0 Å². The molecule has 1 aromatic rings. The molecule has 3 rings (SSSR count). The summed E-state index contributed by atoms with van der Waals surface area (Å²) in [5.41, 5.74) is 2.78. The van der Waals surface area contributed by atoms with E-state index < -0.39 is 0 Å². The van der Waals surface area contributed by atoms with E-state index in [1.807, 2.05) is 18.0 Å². The summed E-state index contributed by atoms with van der Waals surface area (Å²) < 4.78 is 0. The number of aromatic nitrogens is 2. The van der Waals surface area contributed by atoms with Crippen molar-refractivity contribution in [2.45, 2.75) is 46.1 Å². The van der Waals surface area contributed by atoms with E-state index in [4.69, 9.17) is 0 Å². The van der Waals surface area contributed by atoms with Crippen LogP contribution in [0.5, 0.6) is 0 Å². The molecule has 0 unspecified atom stereocenters. The second kappa shape index (κ2) is 5.34. The van der Waals surface area contributed by atoms with Crippen LogP contribution in [0.4, 0.5) is 0 Å². The van der Waals surface area contributed by atoms with Gasteiger partial charge in [-0.1, -0.05) is 13.8 Å². The van der Waals surface area contributed by atoms with Crippen molar-refractivity contribution in [1.29, 1.82) is 0 Å². The van der Waals surface area contributed by atoms with Crippen LogP contribution in [0, 0.1) is 10.8 Å². The molecule has 1 N–H and O–H groups in total. The Hall–Kier alpha value is -0.970. The normalized spacial score (nSPS) is 22.5. The summed E-state index contributed by atoms with van der Waals surface area (Å²) in [4.78, 5) is 14.8. The fourth-order valence-electron chi connectivity index (χ4n) is 3.40. The van der Waals surface area contributed by atoms with Gasteiger partial charge in [0.25, 0.3) is 0 Å². The summed E-state index contributed by atoms with van der Waals surface area (Å²) in [6.45, 7) is 6.02. The second-order valence-electron chi connectivity index (χ2n) is 7.57. The van der Waals surface area contributed by atoms with Crippen molar-refractivity contribution in [2.75, 3.05) is 18.6 Å². The predicted octanol–water partition coefficient (Wildman–Crippen LogP) is 2.85. The third kappa shape index (κ3) is 3.28. The van der Waals surface area contributed by atoms with Gasteiger partial charge in [0.2, 0.25) is 5.91 Å². The molecule has 1 aromatic heterocycles. The Morgan fingerprint density at radius 1 is 1.48 bits per heavy atom. The third-order valence-electron chi connectivity index (χ3n) is 4.73. The lowest BCUT2D eigenvalue weighted by Gasteiger charge is -2.30. The highest BCUT2D eigenvalue weighted by atomic mass is 32.2. The summed E-state index contributed by atoms with van der Waals surface area (Å²) in [5, 5.41) is 7.26. The van der Waals surface area contributed by atoms with E-state index in [2.05, 4.69) is 35.2 Å². The molecule has 2 heterocycles. The van der Waals surface area contributed by atoms with Gasteiger partial charge < -0.3 is 4.90 Å². The molecule has 1 aliphatic heterocycles. The third-order valence-corrected chi connectivity index (χ3v) is 5.63. The lowest BCUT2D eigenvalue weighted by atomic mass is 9.87. The van der Waals surface area contributed by atoms with E-state index >= 15 is 0 Å². The molecule has 0 atom stereocenters. The van der Waals surface area contributed by atoms with Gasteiger partial charge in [-0.2, -0.15) is 16.9 Å². The van der Waals surface area contributed by atoms with Crippen LogP contribution in [0.3, 0.4) is 0 Å². The van der Waals surface area contributed by atoms with Crippen molar-refractivity contribution in [3.63, 3.8) is 0 Å². The number of nitrogens with one attached hydrogen (secondary N) is 1. The van der Waals surface area contributed by atoms with Crippen LogP contribution in [0.2, 0.25) is 0 Å². The summed E-state index contributed by atoms with van der Waals surface area (Å²) >= 11 is 1.87. The maximum absolute atomic E-state index is 12.8. The van der Waals surface area contributed by atoms with E-state index in [-0.39, 0.29) is 5.41 Å². The maximum atomic E-state index is 12.8. The number of carbonyl (C=O) groups excluding carboxylic acids is 1. The van der Waals surface area contributed by atoms with Gasteiger partial charge in [0.05, 0.1) is 6.20 Å². The lowest BCUT2D eigenvalue weighted by Crippen LogP contribution is -2.38. The Balaban J connectivity index is 1.74. The summed E-state index contributed by atoms with van der Waals surface area (Å²) in [7, 11) is 0. The van der Waals surface area contributed by atoms with Crippen LogP contribution < -0.4 is 0 Å². The minimum atomic E-state index is 0.101. The zero-order chi connectivity index (χ0) is 15.1. The van der Waals surface area contributed by atoms with Crippen LogP contribution in [0.25, 0.3) is 0 Å². The van der Waals surface area contributed by atoms with Gasteiger partial charge in [-0.15, -0.1) is 0 Å². The summed E-state index contributed by atoms with van der Waals surface area (Å²) in [5.74, 6) is 1.44. The zero-order valence-electron chi connectivity index (χ0n) is 13.2. The van der Waals surface area contributed by atoms with Crippen molar-refractivity contribution < 1.29 is 4.79 Å². The van der Waals surface area contributed by atoms with E-state index in [0.29, 0.717) is 17.9 Å². The number of carbonyl (C=O) groups is 1. The molecule has 1 amide bonds. The number of hydrogen-bond donors (Lipinski definition) is 1. The molecule has 21 heavy (non-hydrogen) atoms. The Morgan fingerprint density at radius 3 is 2.90 bits per heavy atom. The molecule has 0 radical (unpaired) electrons. The molecular formula is C16H25N3OS. The first kappa shape index (κ1) is 14.9. The number of H-pyrrole nitrogens is 1. The summed E-state index contributed by atoms with van der Waals surface area (Å²) in [6, 6.07) is 0. The Kier molecular flexibility index (Phi) is 3.80. The molecule has 116 valence electrons. The number of thioether (sulfide) groups is 1. The average molecular weight is 307 g/mol. The first-order chi connectivity index (χ1) is 9.93. The lowest BCUT2D eigenvalue weighted by molar-refractivity contribution is -0.134. The first-order valence-electron chi connectivity index (χ1n) is 7.71. The van der Waals surface area contributed by atoms with Gasteiger partial charge >= 0.3 is 0 Å². The van der Waals surface area contributed by atoms with Crippen molar-refractivity contribution in [3.8, 4) is 0 Å². The monoisotopic (exact) mass is 307 g/mol. The average Bonchev–Trinajstić information content (AvgIpc) is 3.04. The van der Waals surface area contributed by atoms with Crippen LogP contribution in [0.15, 0.2) is 6.20 Å². The minimum Gasteiger partial charge on any atom is -0.338 e. The van der Waals surface area contributed by atoms with E-state index in [0.717, 1.165) is 25.1 Å². The molecular weight excluding hydrogens is 282 g/mol. The van der Waals surface area contributed by atoms with Crippen molar-refractivity contribution >= 4 is 17.7 Å².